The molecule has 2 N–H and O–H groups in total. The number of aliphatic imine (C=N–C) groups is 1. The van der Waals surface area contributed by atoms with Gasteiger partial charge in [-0.3, -0.25) is 4.99 Å². The zero-order chi connectivity index (χ0) is 14.7. The van der Waals surface area contributed by atoms with Gasteiger partial charge >= 0.3 is 0 Å². The van der Waals surface area contributed by atoms with Gasteiger partial charge in [0.1, 0.15) is 0 Å². The molecule has 21 heavy (non-hydrogen) atoms. The average Bonchev–Trinajstić information content (AvgIpc) is 3.18. The first-order valence-corrected chi connectivity index (χ1v) is 10.1. The van der Waals surface area contributed by atoms with Crippen molar-refractivity contribution in [3.63, 3.8) is 0 Å². The molecule has 3 nitrogen and oxygen atoms in total. The molecule has 2 unspecified atom stereocenters. The second-order valence-corrected chi connectivity index (χ2v) is 8.34. The molecule has 3 rings (SSSR count). The van der Waals surface area contributed by atoms with Gasteiger partial charge in [-0.15, -0.1) is 0 Å². The maximum Gasteiger partial charge on any atom is 0.191 e. The molecular weight excluding hydrogens is 278 g/mol. The summed E-state index contributed by atoms with van der Waals surface area (Å²) in [6, 6.07) is 0.624. The van der Waals surface area contributed by atoms with Crippen LogP contribution in [0.2, 0.25) is 0 Å². The molecule has 0 saturated heterocycles. The summed E-state index contributed by atoms with van der Waals surface area (Å²) in [5.74, 6) is 2.06. The Morgan fingerprint density at radius 3 is 2.57 bits per heavy atom. The van der Waals surface area contributed by atoms with Crippen LogP contribution in [0.4, 0.5) is 0 Å². The van der Waals surface area contributed by atoms with Gasteiger partial charge in [-0.05, 0) is 69.5 Å². The first kappa shape index (κ1) is 15.5. The molecule has 0 radical (unpaired) electrons. The Balaban J connectivity index is 1.54. The molecule has 3 saturated carbocycles. The van der Waals surface area contributed by atoms with Gasteiger partial charge in [0.25, 0.3) is 0 Å². The molecule has 0 aromatic rings. The molecular formula is C17H31N3S. The predicted octanol–water partition coefficient (Wildman–Crippen LogP) is 3.41. The zero-order valence-corrected chi connectivity index (χ0v) is 14.5. The normalized spacial score (nSPS) is 31.8. The maximum absolute atomic E-state index is 4.97. The topological polar surface area (TPSA) is 36.4 Å². The number of guanidine groups is 1. The van der Waals surface area contributed by atoms with Crippen LogP contribution in [0, 0.1) is 11.3 Å². The minimum Gasteiger partial charge on any atom is -0.357 e. The molecule has 0 heterocycles. The van der Waals surface area contributed by atoms with E-state index in [1.807, 2.05) is 11.8 Å². The lowest BCUT2D eigenvalue weighted by Crippen LogP contribution is -2.44. The van der Waals surface area contributed by atoms with Crippen molar-refractivity contribution >= 4 is 17.7 Å². The number of nitrogens with zero attached hydrogens (tertiary/aromatic N) is 1. The second-order valence-electron chi connectivity index (χ2n) is 7.20. The highest BCUT2D eigenvalue weighted by atomic mass is 32.2. The fourth-order valence-corrected chi connectivity index (χ4v) is 4.85. The van der Waals surface area contributed by atoms with Crippen molar-refractivity contribution in [3.8, 4) is 0 Å². The van der Waals surface area contributed by atoms with E-state index in [0.717, 1.165) is 30.2 Å². The molecule has 3 aliphatic carbocycles. The molecule has 0 aromatic heterocycles. The van der Waals surface area contributed by atoms with E-state index >= 15 is 0 Å². The van der Waals surface area contributed by atoms with Crippen LogP contribution in [-0.2, 0) is 0 Å². The van der Waals surface area contributed by atoms with Crippen molar-refractivity contribution in [1.29, 1.82) is 0 Å². The van der Waals surface area contributed by atoms with Gasteiger partial charge in [0.2, 0.25) is 0 Å². The lowest BCUT2D eigenvalue weighted by atomic mass is 9.65. The number of hydrogen-bond donors (Lipinski definition) is 2. The van der Waals surface area contributed by atoms with Crippen molar-refractivity contribution in [2.45, 2.75) is 69.6 Å². The monoisotopic (exact) mass is 309 g/mol. The van der Waals surface area contributed by atoms with E-state index in [2.05, 4.69) is 23.8 Å². The minimum absolute atomic E-state index is 0.583. The van der Waals surface area contributed by atoms with Crippen LogP contribution < -0.4 is 10.6 Å². The predicted molar refractivity (Wildman–Crippen MR) is 93.1 cm³/mol. The van der Waals surface area contributed by atoms with Crippen molar-refractivity contribution in [2.75, 3.05) is 19.3 Å². The Kier molecular flexibility index (Phi) is 5.03. The summed E-state index contributed by atoms with van der Waals surface area (Å²) in [5, 5.41) is 7.98. The largest absolute Gasteiger partial charge is 0.357 e. The van der Waals surface area contributed by atoms with E-state index in [0.29, 0.717) is 11.5 Å². The van der Waals surface area contributed by atoms with Crippen LogP contribution in [-0.4, -0.2) is 36.6 Å². The summed E-state index contributed by atoms with van der Waals surface area (Å²) in [6.07, 6.45) is 13.3. The van der Waals surface area contributed by atoms with Gasteiger partial charge in [-0.1, -0.05) is 6.42 Å². The summed E-state index contributed by atoms with van der Waals surface area (Å²) >= 11 is 2.02. The molecule has 120 valence electrons. The van der Waals surface area contributed by atoms with E-state index in [-0.39, 0.29) is 0 Å². The molecule has 3 aliphatic rings. The molecule has 4 heteroatoms. The molecule has 2 atom stereocenters. The number of hydrogen-bond acceptors (Lipinski definition) is 2. The third-order valence-electron chi connectivity index (χ3n) is 5.75. The van der Waals surface area contributed by atoms with E-state index < -0.39 is 0 Å². The fourth-order valence-electron chi connectivity index (χ4n) is 4.06. The Morgan fingerprint density at radius 2 is 2.05 bits per heavy atom. The van der Waals surface area contributed by atoms with Crippen molar-refractivity contribution in [1.82, 2.24) is 10.6 Å². The summed E-state index contributed by atoms with van der Waals surface area (Å²) in [5.41, 5.74) is 0.583. The standard InChI is InChI=1S/C17H31N3S/c1-3-18-16(20-14-7-8-15(11-14)21-2)19-12-17(9-4-10-17)13-5-6-13/h13-15H,3-12H2,1-2H3,(H2,18,19,20). The van der Waals surface area contributed by atoms with Crippen LogP contribution >= 0.6 is 11.8 Å². The van der Waals surface area contributed by atoms with Gasteiger partial charge in [-0.2, -0.15) is 11.8 Å². The fraction of sp³-hybridized carbons (Fsp3) is 0.941. The SMILES string of the molecule is CCNC(=NCC1(C2CC2)CCC1)NC1CCC(SC)C1. The van der Waals surface area contributed by atoms with Gasteiger partial charge < -0.3 is 10.6 Å². The molecule has 0 spiro atoms. The van der Waals surface area contributed by atoms with E-state index in [9.17, 15) is 0 Å². The van der Waals surface area contributed by atoms with Crippen LogP contribution in [0.1, 0.15) is 58.3 Å². The Labute approximate surface area is 134 Å². The van der Waals surface area contributed by atoms with Crippen LogP contribution in [0.5, 0.6) is 0 Å². The zero-order valence-electron chi connectivity index (χ0n) is 13.7. The van der Waals surface area contributed by atoms with Gasteiger partial charge in [0, 0.05) is 24.4 Å². The quantitative estimate of drug-likeness (QED) is 0.583. The Bertz CT molecular complexity index is 374. The average molecular weight is 310 g/mol. The van der Waals surface area contributed by atoms with Crippen molar-refractivity contribution in [2.24, 2.45) is 16.3 Å². The minimum atomic E-state index is 0.583. The maximum atomic E-state index is 4.97. The highest BCUT2D eigenvalue weighted by Gasteiger charge is 2.48. The smallest absolute Gasteiger partial charge is 0.191 e. The lowest BCUT2D eigenvalue weighted by Gasteiger charge is -2.41. The second kappa shape index (κ2) is 6.80. The van der Waals surface area contributed by atoms with Gasteiger partial charge in [0.15, 0.2) is 5.96 Å². The Hall–Kier alpha value is -0.380. The van der Waals surface area contributed by atoms with Crippen LogP contribution in [0.25, 0.3) is 0 Å². The lowest BCUT2D eigenvalue weighted by molar-refractivity contribution is 0.113. The van der Waals surface area contributed by atoms with Crippen LogP contribution in [0.3, 0.4) is 0 Å². The summed E-state index contributed by atoms with van der Waals surface area (Å²) < 4.78 is 0. The Morgan fingerprint density at radius 1 is 1.24 bits per heavy atom. The highest BCUT2D eigenvalue weighted by Crippen LogP contribution is 2.57. The van der Waals surface area contributed by atoms with E-state index in [1.54, 1.807) is 0 Å². The van der Waals surface area contributed by atoms with Crippen LogP contribution in [0.15, 0.2) is 4.99 Å². The third-order valence-corrected chi connectivity index (χ3v) is 6.84. The highest BCUT2D eigenvalue weighted by molar-refractivity contribution is 7.99. The first-order chi connectivity index (χ1) is 10.3. The van der Waals surface area contributed by atoms with E-state index in [1.165, 1.54) is 51.4 Å². The number of rotatable bonds is 6. The summed E-state index contributed by atoms with van der Waals surface area (Å²) in [6.45, 7) is 4.17. The molecule has 3 fully saturated rings. The molecule has 0 bridgehead atoms. The van der Waals surface area contributed by atoms with Crippen molar-refractivity contribution in [3.05, 3.63) is 0 Å². The molecule has 0 amide bonds. The molecule has 0 aromatic carbocycles. The number of nitrogens with one attached hydrogen (secondary N) is 2. The summed E-state index contributed by atoms with van der Waals surface area (Å²) in [7, 11) is 0. The van der Waals surface area contributed by atoms with Gasteiger partial charge in [-0.25, -0.2) is 0 Å². The molecule has 0 aliphatic heterocycles. The third kappa shape index (κ3) is 3.69. The first-order valence-electron chi connectivity index (χ1n) is 8.83. The van der Waals surface area contributed by atoms with E-state index in [4.69, 9.17) is 4.99 Å². The summed E-state index contributed by atoms with van der Waals surface area (Å²) in [4.78, 5) is 4.97. The number of thioether (sulfide) groups is 1. The van der Waals surface area contributed by atoms with Crippen molar-refractivity contribution < 1.29 is 0 Å². The van der Waals surface area contributed by atoms with Gasteiger partial charge in [0.05, 0.1) is 0 Å².